The number of hydrogen-bond acceptors (Lipinski definition) is 4. The van der Waals surface area contributed by atoms with Gasteiger partial charge in [0.25, 0.3) is 0 Å². The molecule has 1 aromatic carbocycles. The van der Waals surface area contributed by atoms with Crippen molar-refractivity contribution in [3.63, 3.8) is 0 Å². The largest absolute Gasteiger partial charge is 0.439 e. The number of nitrogens with zero attached hydrogens (tertiary/aromatic N) is 1. The van der Waals surface area contributed by atoms with Crippen molar-refractivity contribution in [3.05, 3.63) is 65.5 Å². The molecule has 2 heterocycles. The number of carbonyl (C=O) groups excluding carboxylic acids is 1. The normalized spacial score (nSPS) is 17.3. The molecule has 0 aliphatic carbocycles. The number of fused-ring (bicyclic) bond motifs is 1. The average molecular weight is 240 g/mol. The first-order valence-corrected chi connectivity index (χ1v) is 5.77. The molecule has 1 N–H and O–H groups in total. The summed E-state index contributed by atoms with van der Waals surface area (Å²) < 4.78 is 5.29. The fourth-order valence-corrected chi connectivity index (χ4v) is 2.01. The van der Waals surface area contributed by atoms with E-state index >= 15 is 0 Å². The van der Waals surface area contributed by atoms with E-state index in [0.717, 1.165) is 11.1 Å². The van der Waals surface area contributed by atoms with Gasteiger partial charge in [0.2, 0.25) is 0 Å². The lowest BCUT2D eigenvalue weighted by Crippen LogP contribution is -2.20. The van der Waals surface area contributed by atoms with Crippen molar-refractivity contribution in [1.82, 2.24) is 10.3 Å². The Kier molecular flexibility index (Phi) is 2.78. The molecule has 0 fully saturated rings. The van der Waals surface area contributed by atoms with Gasteiger partial charge in [-0.2, -0.15) is 0 Å². The van der Waals surface area contributed by atoms with Gasteiger partial charge in [-0.3, -0.25) is 10.3 Å². The minimum Gasteiger partial charge on any atom is -0.439 e. The van der Waals surface area contributed by atoms with Crippen LogP contribution in [0.1, 0.15) is 27.7 Å². The SMILES string of the molecule is O=C1OC(NCc2ccncc2)c2ccccc21. The fourth-order valence-electron chi connectivity index (χ4n) is 2.01. The predicted octanol–water partition coefficient (Wildman–Crippen LogP) is 2.04. The minimum absolute atomic E-state index is 0.266. The lowest BCUT2D eigenvalue weighted by molar-refractivity contribution is 0.0303. The van der Waals surface area contributed by atoms with Crippen molar-refractivity contribution in [2.75, 3.05) is 0 Å². The maximum Gasteiger partial charge on any atom is 0.340 e. The number of carbonyl (C=O) groups is 1. The quantitative estimate of drug-likeness (QED) is 0.834. The highest BCUT2D eigenvalue weighted by Gasteiger charge is 2.29. The number of esters is 1. The van der Waals surface area contributed by atoms with Crippen LogP contribution in [0.2, 0.25) is 0 Å². The molecule has 0 saturated heterocycles. The molecule has 0 radical (unpaired) electrons. The second-order valence-electron chi connectivity index (χ2n) is 4.11. The summed E-state index contributed by atoms with van der Waals surface area (Å²) in [4.78, 5) is 15.6. The van der Waals surface area contributed by atoms with Crippen LogP contribution < -0.4 is 5.32 Å². The maximum atomic E-state index is 11.6. The minimum atomic E-state index is -0.359. The van der Waals surface area contributed by atoms with Gasteiger partial charge in [0.05, 0.1) is 5.56 Å². The Balaban J connectivity index is 1.74. The highest BCUT2D eigenvalue weighted by atomic mass is 16.6. The van der Waals surface area contributed by atoms with Crippen molar-refractivity contribution in [3.8, 4) is 0 Å². The summed E-state index contributed by atoms with van der Waals surface area (Å²) in [6, 6.07) is 11.3. The van der Waals surface area contributed by atoms with Gasteiger partial charge < -0.3 is 4.74 Å². The summed E-state index contributed by atoms with van der Waals surface area (Å²) in [7, 11) is 0. The van der Waals surface area contributed by atoms with Crippen LogP contribution in [0.4, 0.5) is 0 Å². The third-order valence-electron chi connectivity index (χ3n) is 2.93. The standard InChI is InChI=1S/C14H12N2O2/c17-14-12-4-2-1-3-11(12)13(18-14)16-9-10-5-7-15-8-6-10/h1-8,13,16H,9H2. The summed E-state index contributed by atoms with van der Waals surface area (Å²) >= 11 is 0. The molecule has 2 aromatic rings. The van der Waals surface area contributed by atoms with E-state index in [0.29, 0.717) is 12.1 Å². The number of pyridine rings is 1. The molecule has 4 heteroatoms. The molecule has 1 aromatic heterocycles. The van der Waals surface area contributed by atoms with Crippen molar-refractivity contribution in [2.45, 2.75) is 12.8 Å². The topological polar surface area (TPSA) is 51.2 Å². The van der Waals surface area contributed by atoms with E-state index in [-0.39, 0.29) is 12.2 Å². The molecule has 0 amide bonds. The smallest absolute Gasteiger partial charge is 0.340 e. The van der Waals surface area contributed by atoms with Crippen molar-refractivity contribution in [1.29, 1.82) is 0 Å². The second-order valence-corrected chi connectivity index (χ2v) is 4.11. The summed E-state index contributed by atoms with van der Waals surface area (Å²) in [5, 5.41) is 3.21. The number of nitrogens with one attached hydrogen (secondary N) is 1. The van der Waals surface area contributed by atoms with Gasteiger partial charge in [0, 0.05) is 24.5 Å². The molecule has 0 bridgehead atoms. The maximum absolute atomic E-state index is 11.6. The van der Waals surface area contributed by atoms with Gasteiger partial charge in [-0.25, -0.2) is 4.79 Å². The van der Waals surface area contributed by atoms with Crippen LogP contribution >= 0.6 is 0 Å². The Morgan fingerprint density at radius 1 is 1.17 bits per heavy atom. The van der Waals surface area contributed by atoms with Crippen LogP contribution in [0, 0.1) is 0 Å². The molecular weight excluding hydrogens is 228 g/mol. The first kappa shape index (κ1) is 10.9. The first-order chi connectivity index (χ1) is 8.84. The van der Waals surface area contributed by atoms with E-state index in [2.05, 4.69) is 10.3 Å². The molecule has 0 saturated carbocycles. The van der Waals surface area contributed by atoms with Crippen molar-refractivity contribution >= 4 is 5.97 Å². The zero-order chi connectivity index (χ0) is 12.4. The van der Waals surface area contributed by atoms with E-state index in [1.807, 2.05) is 30.3 Å². The van der Waals surface area contributed by atoms with Crippen molar-refractivity contribution < 1.29 is 9.53 Å². The lowest BCUT2D eigenvalue weighted by Gasteiger charge is -2.12. The lowest BCUT2D eigenvalue weighted by atomic mass is 10.1. The van der Waals surface area contributed by atoms with Gasteiger partial charge in [0.1, 0.15) is 0 Å². The van der Waals surface area contributed by atoms with Crippen LogP contribution in [0.15, 0.2) is 48.8 Å². The van der Waals surface area contributed by atoms with Crippen LogP contribution in [-0.4, -0.2) is 11.0 Å². The number of hydrogen-bond donors (Lipinski definition) is 1. The Morgan fingerprint density at radius 3 is 2.78 bits per heavy atom. The van der Waals surface area contributed by atoms with Gasteiger partial charge >= 0.3 is 5.97 Å². The first-order valence-electron chi connectivity index (χ1n) is 5.77. The number of aromatic nitrogens is 1. The zero-order valence-corrected chi connectivity index (χ0v) is 9.67. The fraction of sp³-hybridized carbons (Fsp3) is 0.143. The van der Waals surface area contributed by atoms with Gasteiger partial charge in [-0.1, -0.05) is 18.2 Å². The zero-order valence-electron chi connectivity index (χ0n) is 9.67. The molecule has 1 aliphatic rings. The van der Waals surface area contributed by atoms with Crippen LogP contribution in [0.3, 0.4) is 0 Å². The molecular formula is C14H12N2O2. The molecule has 1 unspecified atom stereocenters. The molecule has 1 atom stereocenters. The molecule has 18 heavy (non-hydrogen) atoms. The highest BCUT2D eigenvalue weighted by molar-refractivity contribution is 5.93. The van der Waals surface area contributed by atoms with E-state index in [9.17, 15) is 4.79 Å². The Morgan fingerprint density at radius 2 is 1.94 bits per heavy atom. The van der Waals surface area contributed by atoms with Gasteiger partial charge in [0.15, 0.2) is 6.23 Å². The second kappa shape index (κ2) is 4.58. The number of rotatable bonds is 3. The van der Waals surface area contributed by atoms with Crippen molar-refractivity contribution in [2.24, 2.45) is 0 Å². The number of ether oxygens (including phenoxy) is 1. The number of cyclic esters (lactones) is 1. The van der Waals surface area contributed by atoms with Crippen LogP contribution in [0.5, 0.6) is 0 Å². The third kappa shape index (κ3) is 1.98. The summed E-state index contributed by atoms with van der Waals surface area (Å²) in [5.41, 5.74) is 2.65. The summed E-state index contributed by atoms with van der Waals surface area (Å²) in [5.74, 6) is -0.266. The highest BCUT2D eigenvalue weighted by Crippen LogP contribution is 2.28. The Labute approximate surface area is 105 Å². The van der Waals surface area contributed by atoms with Crippen LogP contribution in [-0.2, 0) is 11.3 Å². The van der Waals surface area contributed by atoms with E-state index < -0.39 is 0 Å². The molecule has 90 valence electrons. The summed E-state index contributed by atoms with van der Waals surface area (Å²) in [6.45, 7) is 0.634. The average Bonchev–Trinajstić information content (AvgIpc) is 2.75. The van der Waals surface area contributed by atoms with E-state index in [1.165, 1.54) is 0 Å². The van der Waals surface area contributed by atoms with Crippen LogP contribution in [0.25, 0.3) is 0 Å². The summed E-state index contributed by atoms with van der Waals surface area (Å²) in [6.07, 6.45) is 3.12. The number of benzene rings is 1. The Bertz CT molecular complexity index is 569. The Hall–Kier alpha value is -2.20. The monoisotopic (exact) mass is 240 g/mol. The van der Waals surface area contributed by atoms with E-state index in [4.69, 9.17) is 4.74 Å². The van der Waals surface area contributed by atoms with E-state index in [1.54, 1.807) is 18.5 Å². The molecule has 4 nitrogen and oxygen atoms in total. The van der Waals surface area contributed by atoms with Gasteiger partial charge in [-0.05, 0) is 23.8 Å². The molecule has 1 aliphatic heterocycles. The van der Waals surface area contributed by atoms with Gasteiger partial charge in [-0.15, -0.1) is 0 Å². The predicted molar refractivity (Wildman–Crippen MR) is 65.7 cm³/mol. The molecule has 3 rings (SSSR count). The third-order valence-corrected chi connectivity index (χ3v) is 2.93. The molecule has 0 spiro atoms.